The molecular formula is C18H13ClN4O2. The lowest BCUT2D eigenvalue weighted by Gasteiger charge is -2.11. The van der Waals surface area contributed by atoms with Gasteiger partial charge in [-0.2, -0.15) is 0 Å². The van der Waals surface area contributed by atoms with Crippen LogP contribution < -0.4 is 11.0 Å². The molecule has 0 saturated heterocycles. The Bertz CT molecular complexity index is 1190. The molecule has 2 aromatic carbocycles. The van der Waals surface area contributed by atoms with Crippen LogP contribution in [0.1, 0.15) is 16.3 Å². The molecule has 0 bridgehead atoms. The number of benzene rings is 2. The number of hydrogen-bond donors (Lipinski definition) is 2. The number of carbonyl (C=O) groups is 1. The second-order valence-electron chi connectivity index (χ2n) is 5.67. The number of H-pyrrole nitrogens is 1. The topological polar surface area (TPSA) is 79.8 Å². The van der Waals surface area contributed by atoms with Gasteiger partial charge < -0.3 is 4.98 Å². The lowest BCUT2D eigenvalue weighted by Crippen LogP contribution is -2.35. The van der Waals surface area contributed by atoms with Crippen LogP contribution in [-0.2, 0) is 0 Å². The van der Waals surface area contributed by atoms with Crippen molar-refractivity contribution in [1.29, 1.82) is 0 Å². The van der Waals surface area contributed by atoms with Gasteiger partial charge in [0.25, 0.3) is 11.5 Å². The van der Waals surface area contributed by atoms with E-state index in [4.69, 9.17) is 11.6 Å². The van der Waals surface area contributed by atoms with Crippen LogP contribution in [-0.4, -0.2) is 20.6 Å². The monoisotopic (exact) mass is 352 g/mol. The first-order valence-corrected chi connectivity index (χ1v) is 7.99. The van der Waals surface area contributed by atoms with Gasteiger partial charge in [0.1, 0.15) is 11.5 Å². The highest BCUT2D eigenvalue weighted by Crippen LogP contribution is 2.20. The Morgan fingerprint density at radius 2 is 2.00 bits per heavy atom. The number of rotatable bonds is 2. The first-order chi connectivity index (χ1) is 12.0. The molecule has 0 atom stereocenters. The van der Waals surface area contributed by atoms with Crippen LogP contribution in [0.5, 0.6) is 0 Å². The molecule has 4 aromatic rings. The number of fused-ring (bicyclic) bond motifs is 2. The van der Waals surface area contributed by atoms with Crippen molar-refractivity contribution in [2.45, 2.75) is 6.92 Å². The number of para-hydroxylation sites is 1. The van der Waals surface area contributed by atoms with Crippen molar-refractivity contribution in [1.82, 2.24) is 14.6 Å². The second kappa shape index (κ2) is 5.75. The summed E-state index contributed by atoms with van der Waals surface area (Å²) < 4.78 is 1.16. The molecule has 0 saturated carbocycles. The summed E-state index contributed by atoms with van der Waals surface area (Å²) in [6.45, 7) is 1.67. The summed E-state index contributed by atoms with van der Waals surface area (Å²) in [4.78, 5) is 32.5. The maximum absolute atomic E-state index is 12.6. The molecule has 2 aromatic heterocycles. The van der Waals surface area contributed by atoms with Crippen LogP contribution in [0.25, 0.3) is 21.8 Å². The molecule has 0 spiro atoms. The van der Waals surface area contributed by atoms with Crippen molar-refractivity contribution in [2.75, 3.05) is 5.43 Å². The summed E-state index contributed by atoms with van der Waals surface area (Å²) in [6, 6.07) is 14.0. The predicted molar refractivity (Wildman–Crippen MR) is 97.7 cm³/mol. The fourth-order valence-corrected chi connectivity index (χ4v) is 2.94. The number of nitrogens with one attached hydrogen (secondary N) is 2. The standard InChI is InChI=1S/C18H13ClN4O2/c1-10-20-15-5-3-2-4-13(15)18(25)23(10)22-17(24)16-9-11-8-12(19)6-7-14(11)21-16/h2-9,21H,1H3,(H,22,24). The molecule has 0 aliphatic heterocycles. The van der Waals surface area contributed by atoms with Crippen LogP contribution in [0.3, 0.4) is 0 Å². The molecule has 1 amide bonds. The highest BCUT2D eigenvalue weighted by molar-refractivity contribution is 6.31. The minimum atomic E-state index is -0.436. The molecular weight excluding hydrogens is 340 g/mol. The Hall–Kier alpha value is -3.12. The number of aryl methyl sites for hydroxylation is 1. The van der Waals surface area contributed by atoms with Gasteiger partial charge in [0.2, 0.25) is 0 Å². The van der Waals surface area contributed by atoms with E-state index in [9.17, 15) is 9.59 Å². The van der Waals surface area contributed by atoms with Crippen LogP contribution in [0, 0.1) is 6.92 Å². The van der Waals surface area contributed by atoms with Crippen molar-refractivity contribution >= 4 is 39.3 Å². The van der Waals surface area contributed by atoms with Crippen molar-refractivity contribution in [3.8, 4) is 0 Å². The molecule has 0 unspecified atom stereocenters. The highest BCUT2D eigenvalue weighted by Gasteiger charge is 2.14. The molecule has 6 nitrogen and oxygen atoms in total. The predicted octanol–water partition coefficient (Wildman–Crippen LogP) is 3.22. The lowest BCUT2D eigenvalue weighted by atomic mass is 10.2. The second-order valence-corrected chi connectivity index (χ2v) is 6.11. The third-order valence-corrected chi connectivity index (χ3v) is 4.22. The molecule has 25 heavy (non-hydrogen) atoms. The summed E-state index contributed by atoms with van der Waals surface area (Å²) in [5.74, 6) is -0.0363. The molecule has 7 heteroatoms. The minimum Gasteiger partial charge on any atom is -0.350 e. The van der Waals surface area contributed by atoms with E-state index in [1.54, 1.807) is 49.4 Å². The van der Waals surface area contributed by atoms with Crippen LogP contribution in [0.15, 0.2) is 53.3 Å². The Kier molecular flexibility index (Phi) is 3.54. The number of aromatic nitrogens is 3. The van der Waals surface area contributed by atoms with Crippen LogP contribution in [0.2, 0.25) is 5.02 Å². The largest absolute Gasteiger partial charge is 0.350 e. The van der Waals surface area contributed by atoms with Crippen molar-refractivity contribution in [3.63, 3.8) is 0 Å². The van der Waals surface area contributed by atoms with Crippen molar-refractivity contribution in [3.05, 3.63) is 75.4 Å². The van der Waals surface area contributed by atoms with Gasteiger partial charge in [0.15, 0.2) is 0 Å². The molecule has 2 N–H and O–H groups in total. The number of aromatic amines is 1. The number of amides is 1. The quantitative estimate of drug-likeness (QED) is 0.581. The average molecular weight is 353 g/mol. The Labute approximate surface area is 147 Å². The van der Waals surface area contributed by atoms with Crippen molar-refractivity contribution < 1.29 is 4.79 Å². The van der Waals surface area contributed by atoms with E-state index in [1.807, 2.05) is 6.07 Å². The first kappa shape index (κ1) is 15.4. The summed E-state index contributed by atoms with van der Waals surface area (Å²) in [6.07, 6.45) is 0. The molecule has 4 rings (SSSR count). The summed E-state index contributed by atoms with van der Waals surface area (Å²) in [5, 5.41) is 1.85. The van der Waals surface area contributed by atoms with Crippen molar-refractivity contribution in [2.24, 2.45) is 0 Å². The Morgan fingerprint density at radius 3 is 2.84 bits per heavy atom. The number of carbonyl (C=O) groups excluding carboxylic acids is 1. The molecule has 0 fully saturated rings. The molecule has 124 valence electrons. The van der Waals surface area contributed by atoms with E-state index in [0.29, 0.717) is 27.4 Å². The van der Waals surface area contributed by atoms with E-state index >= 15 is 0 Å². The summed E-state index contributed by atoms with van der Waals surface area (Å²) >= 11 is 5.97. The maximum atomic E-state index is 12.6. The van der Waals surface area contributed by atoms with E-state index in [-0.39, 0.29) is 5.56 Å². The van der Waals surface area contributed by atoms with E-state index in [2.05, 4.69) is 15.4 Å². The Balaban J connectivity index is 1.75. The van der Waals surface area contributed by atoms with E-state index in [1.165, 1.54) is 0 Å². The van der Waals surface area contributed by atoms with Crippen LogP contribution >= 0.6 is 11.6 Å². The average Bonchev–Trinajstić information content (AvgIpc) is 3.01. The SMILES string of the molecule is Cc1nc2ccccc2c(=O)n1NC(=O)c1cc2cc(Cl)ccc2[nH]1. The van der Waals surface area contributed by atoms with Gasteiger partial charge in [-0.15, -0.1) is 0 Å². The molecule has 2 heterocycles. The first-order valence-electron chi connectivity index (χ1n) is 7.61. The summed E-state index contributed by atoms with van der Waals surface area (Å²) in [5.41, 5.74) is 3.99. The minimum absolute atomic E-state index is 0.324. The lowest BCUT2D eigenvalue weighted by molar-refractivity contribution is 0.100. The van der Waals surface area contributed by atoms with Gasteiger partial charge >= 0.3 is 0 Å². The van der Waals surface area contributed by atoms with Crippen LogP contribution in [0.4, 0.5) is 0 Å². The third-order valence-electron chi connectivity index (χ3n) is 3.98. The van der Waals surface area contributed by atoms with Gasteiger partial charge in [0.05, 0.1) is 10.9 Å². The molecule has 0 aliphatic carbocycles. The summed E-state index contributed by atoms with van der Waals surface area (Å²) in [7, 11) is 0. The zero-order valence-corrected chi connectivity index (χ0v) is 14.0. The third kappa shape index (κ3) is 2.66. The molecule has 0 radical (unpaired) electrons. The fraction of sp³-hybridized carbons (Fsp3) is 0.0556. The van der Waals surface area contributed by atoms with Gasteiger partial charge in [-0.05, 0) is 43.3 Å². The fourth-order valence-electron chi connectivity index (χ4n) is 2.76. The highest BCUT2D eigenvalue weighted by atomic mass is 35.5. The van der Waals surface area contributed by atoms with E-state index in [0.717, 1.165) is 15.6 Å². The number of nitrogens with zero attached hydrogens (tertiary/aromatic N) is 2. The number of hydrogen-bond acceptors (Lipinski definition) is 3. The zero-order chi connectivity index (χ0) is 17.6. The van der Waals surface area contributed by atoms with Gasteiger partial charge in [-0.25, -0.2) is 9.66 Å². The van der Waals surface area contributed by atoms with Gasteiger partial charge in [0, 0.05) is 15.9 Å². The van der Waals surface area contributed by atoms with E-state index < -0.39 is 5.91 Å². The Morgan fingerprint density at radius 1 is 1.20 bits per heavy atom. The number of halogens is 1. The van der Waals surface area contributed by atoms with Gasteiger partial charge in [-0.1, -0.05) is 23.7 Å². The maximum Gasteiger partial charge on any atom is 0.286 e. The smallest absolute Gasteiger partial charge is 0.286 e. The molecule has 0 aliphatic rings. The normalized spacial score (nSPS) is 11.1. The zero-order valence-electron chi connectivity index (χ0n) is 13.2. The van der Waals surface area contributed by atoms with Gasteiger partial charge in [-0.3, -0.25) is 15.0 Å².